The summed E-state index contributed by atoms with van der Waals surface area (Å²) in [6.45, 7) is 1.64. The predicted octanol–water partition coefficient (Wildman–Crippen LogP) is 4.32. The van der Waals surface area contributed by atoms with Crippen molar-refractivity contribution in [2.24, 2.45) is 0 Å². The van der Waals surface area contributed by atoms with Crippen LogP contribution in [0.5, 0.6) is 0 Å². The van der Waals surface area contributed by atoms with Crippen LogP contribution in [0.25, 0.3) is 10.7 Å². The van der Waals surface area contributed by atoms with Crippen LogP contribution in [-0.2, 0) is 13.1 Å². The number of aromatic nitrogens is 2. The number of thiophene rings is 1. The van der Waals surface area contributed by atoms with Crippen molar-refractivity contribution in [3.63, 3.8) is 0 Å². The Morgan fingerprint density at radius 2 is 2.10 bits per heavy atom. The number of thiazole rings is 1. The Morgan fingerprint density at radius 3 is 2.85 bits per heavy atom. The Balaban J connectivity index is 1.58. The molecule has 0 radical (unpaired) electrons. The molecular formula is C14H12BrN3S2. The first-order valence-corrected chi connectivity index (χ1v) is 8.66. The topological polar surface area (TPSA) is 37.8 Å². The molecule has 6 heteroatoms. The molecule has 0 spiro atoms. The lowest BCUT2D eigenvalue weighted by molar-refractivity contribution is 0.690. The highest BCUT2D eigenvalue weighted by molar-refractivity contribution is 9.10. The second-order valence-corrected chi connectivity index (χ2v) is 6.96. The lowest BCUT2D eigenvalue weighted by Crippen LogP contribution is -2.11. The van der Waals surface area contributed by atoms with Crippen LogP contribution in [0.1, 0.15) is 10.6 Å². The minimum atomic E-state index is 0.777. The van der Waals surface area contributed by atoms with E-state index >= 15 is 0 Å². The Hall–Kier alpha value is -1.08. The SMILES string of the molecule is Brc1csc(CNCc2csc(-c3ccccn3)n2)c1. The van der Waals surface area contributed by atoms with E-state index < -0.39 is 0 Å². The molecule has 0 bridgehead atoms. The fraction of sp³-hybridized carbons (Fsp3) is 0.143. The minimum Gasteiger partial charge on any atom is -0.306 e. The number of halogens is 1. The third kappa shape index (κ3) is 3.52. The first-order chi connectivity index (χ1) is 9.81. The molecule has 3 nitrogen and oxygen atoms in total. The molecule has 102 valence electrons. The summed E-state index contributed by atoms with van der Waals surface area (Å²) < 4.78 is 1.14. The molecule has 0 atom stereocenters. The Labute approximate surface area is 133 Å². The molecule has 0 aliphatic rings. The number of pyridine rings is 1. The molecule has 0 aliphatic carbocycles. The zero-order chi connectivity index (χ0) is 13.8. The van der Waals surface area contributed by atoms with Crippen molar-refractivity contribution in [1.82, 2.24) is 15.3 Å². The molecule has 0 amide bonds. The van der Waals surface area contributed by atoms with Crippen molar-refractivity contribution in [1.29, 1.82) is 0 Å². The lowest BCUT2D eigenvalue weighted by Gasteiger charge is -1.99. The number of hydrogen-bond acceptors (Lipinski definition) is 5. The molecule has 1 N–H and O–H groups in total. The van der Waals surface area contributed by atoms with Crippen LogP contribution in [0.3, 0.4) is 0 Å². The maximum Gasteiger partial charge on any atom is 0.142 e. The maximum absolute atomic E-state index is 4.60. The molecule has 0 aromatic carbocycles. The molecule has 0 aliphatic heterocycles. The van der Waals surface area contributed by atoms with Gasteiger partial charge in [-0.05, 0) is 34.1 Å². The van der Waals surface area contributed by atoms with Gasteiger partial charge in [0, 0.05) is 39.4 Å². The summed E-state index contributed by atoms with van der Waals surface area (Å²) in [5.41, 5.74) is 2.00. The number of nitrogens with one attached hydrogen (secondary N) is 1. The summed E-state index contributed by atoms with van der Waals surface area (Å²) in [4.78, 5) is 10.2. The van der Waals surface area contributed by atoms with E-state index in [2.05, 4.69) is 48.0 Å². The zero-order valence-corrected chi connectivity index (χ0v) is 13.8. The highest BCUT2D eigenvalue weighted by Gasteiger charge is 2.05. The third-order valence-corrected chi connectivity index (χ3v) is 5.27. The van der Waals surface area contributed by atoms with Crippen LogP contribution in [0.2, 0.25) is 0 Å². The molecule has 0 unspecified atom stereocenters. The van der Waals surface area contributed by atoms with Gasteiger partial charge in [0.25, 0.3) is 0 Å². The van der Waals surface area contributed by atoms with Gasteiger partial charge in [0.15, 0.2) is 0 Å². The molecule has 0 saturated carbocycles. The summed E-state index contributed by atoms with van der Waals surface area (Å²) >= 11 is 6.85. The third-order valence-electron chi connectivity index (χ3n) is 2.66. The van der Waals surface area contributed by atoms with Gasteiger partial charge in [-0.15, -0.1) is 22.7 Å². The van der Waals surface area contributed by atoms with Crippen LogP contribution in [0.4, 0.5) is 0 Å². The fourth-order valence-electron chi connectivity index (χ4n) is 1.76. The number of rotatable bonds is 5. The minimum absolute atomic E-state index is 0.777. The van der Waals surface area contributed by atoms with Gasteiger partial charge in [0.05, 0.1) is 11.4 Å². The van der Waals surface area contributed by atoms with Crippen molar-refractivity contribution in [3.8, 4) is 10.7 Å². The number of nitrogens with zero attached hydrogens (tertiary/aromatic N) is 2. The monoisotopic (exact) mass is 365 g/mol. The van der Waals surface area contributed by atoms with E-state index in [0.29, 0.717) is 0 Å². The van der Waals surface area contributed by atoms with E-state index in [-0.39, 0.29) is 0 Å². The molecule has 3 aromatic rings. The van der Waals surface area contributed by atoms with Crippen LogP contribution in [-0.4, -0.2) is 9.97 Å². The van der Waals surface area contributed by atoms with Crippen molar-refractivity contribution in [2.45, 2.75) is 13.1 Å². The van der Waals surface area contributed by atoms with Crippen molar-refractivity contribution < 1.29 is 0 Å². The largest absolute Gasteiger partial charge is 0.306 e. The van der Waals surface area contributed by atoms with Crippen molar-refractivity contribution in [3.05, 3.63) is 56.3 Å². The van der Waals surface area contributed by atoms with Crippen molar-refractivity contribution in [2.75, 3.05) is 0 Å². The van der Waals surface area contributed by atoms with Gasteiger partial charge in [-0.25, -0.2) is 4.98 Å². The highest BCUT2D eigenvalue weighted by Crippen LogP contribution is 2.22. The van der Waals surface area contributed by atoms with Gasteiger partial charge in [-0.2, -0.15) is 0 Å². The zero-order valence-electron chi connectivity index (χ0n) is 10.5. The summed E-state index contributed by atoms with van der Waals surface area (Å²) in [6.07, 6.45) is 1.79. The average Bonchev–Trinajstić information content (AvgIpc) is 3.09. The molecular weight excluding hydrogens is 354 g/mol. The van der Waals surface area contributed by atoms with Gasteiger partial charge in [-0.3, -0.25) is 4.98 Å². The Kier molecular flexibility index (Phi) is 4.57. The molecule has 0 fully saturated rings. The maximum atomic E-state index is 4.60. The predicted molar refractivity (Wildman–Crippen MR) is 87.9 cm³/mol. The van der Waals surface area contributed by atoms with Gasteiger partial charge in [0.1, 0.15) is 5.01 Å². The second-order valence-electron chi connectivity index (χ2n) is 4.19. The fourth-order valence-corrected chi connectivity index (χ4v) is 3.97. The van der Waals surface area contributed by atoms with E-state index in [9.17, 15) is 0 Å². The van der Waals surface area contributed by atoms with Gasteiger partial charge in [0.2, 0.25) is 0 Å². The second kappa shape index (κ2) is 6.58. The molecule has 0 saturated heterocycles. The molecule has 3 rings (SSSR count). The smallest absolute Gasteiger partial charge is 0.142 e. The van der Waals surface area contributed by atoms with E-state index in [1.54, 1.807) is 28.9 Å². The van der Waals surface area contributed by atoms with Crippen LogP contribution in [0, 0.1) is 0 Å². The molecule has 3 heterocycles. The Morgan fingerprint density at radius 1 is 1.15 bits per heavy atom. The normalized spacial score (nSPS) is 10.8. The average molecular weight is 366 g/mol. The molecule has 3 aromatic heterocycles. The highest BCUT2D eigenvalue weighted by atomic mass is 79.9. The Bertz CT molecular complexity index is 679. The van der Waals surface area contributed by atoms with E-state index in [4.69, 9.17) is 0 Å². The van der Waals surface area contributed by atoms with E-state index in [1.807, 2.05) is 18.2 Å². The van der Waals surface area contributed by atoms with E-state index in [1.165, 1.54) is 4.88 Å². The van der Waals surface area contributed by atoms with Crippen LogP contribution < -0.4 is 5.32 Å². The van der Waals surface area contributed by atoms with Gasteiger partial charge >= 0.3 is 0 Å². The van der Waals surface area contributed by atoms with Crippen LogP contribution >= 0.6 is 38.6 Å². The van der Waals surface area contributed by atoms with Crippen molar-refractivity contribution >= 4 is 38.6 Å². The summed E-state index contributed by atoms with van der Waals surface area (Å²) in [6, 6.07) is 8.02. The standard InChI is InChI=1S/C14H12BrN3S2/c15-10-5-12(19-8-10)7-16-6-11-9-20-14(18-11)13-3-1-2-4-17-13/h1-5,8-9,16H,6-7H2. The van der Waals surface area contributed by atoms with Gasteiger partial charge < -0.3 is 5.32 Å². The van der Waals surface area contributed by atoms with E-state index in [0.717, 1.165) is 34.0 Å². The number of hydrogen-bond donors (Lipinski definition) is 1. The first-order valence-electron chi connectivity index (χ1n) is 6.11. The van der Waals surface area contributed by atoms with Gasteiger partial charge in [-0.1, -0.05) is 6.07 Å². The first kappa shape index (κ1) is 13.9. The summed E-state index contributed by atoms with van der Waals surface area (Å²) in [5, 5.41) is 8.56. The summed E-state index contributed by atoms with van der Waals surface area (Å²) in [7, 11) is 0. The van der Waals surface area contributed by atoms with Crippen LogP contribution in [0.15, 0.2) is 45.7 Å². The quantitative estimate of drug-likeness (QED) is 0.731. The summed E-state index contributed by atoms with van der Waals surface area (Å²) in [5.74, 6) is 0. The molecule has 20 heavy (non-hydrogen) atoms. The lowest BCUT2D eigenvalue weighted by atomic mass is 10.3.